The molecule has 1 aromatic rings. The van der Waals surface area contributed by atoms with Crippen molar-refractivity contribution in [2.75, 3.05) is 13.1 Å². The highest BCUT2D eigenvalue weighted by molar-refractivity contribution is 7.80. The largest absolute Gasteiger partial charge is 0.392 e. The summed E-state index contributed by atoms with van der Waals surface area (Å²) in [6, 6.07) is 8.65. The number of rotatable bonds is 6. The van der Waals surface area contributed by atoms with Crippen LogP contribution in [0, 0.1) is 0 Å². The second kappa shape index (κ2) is 6.72. The first-order valence-corrected chi connectivity index (χ1v) is 6.67. The predicted octanol–water partition coefficient (Wildman–Crippen LogP) is 2.92. The third-order valence-electron chi connectivity index (χ3n) is 3.15. The molecule has 1 atom stereocenters. The van der Waals surface area contributed by atoms with Crippen LogP contribution in [-0.2, 0) is 6.42 Å². The molecule has 1 rings (SSSR count). The maximum Gasteiger partial charge on any atom is 0.0948 e. The Morgan fingerprint density at radius 3 is 2.06 bits per heavy atom. The summed E-state index contributed by atoms with van der Waals surface area (Å²) in [6.45, 7) is 8.33. The Bertz CT molecular complexity index is 355. The van der Waals surface area contributed by atoms with E-state index in [1.807, 2.05) is 0 Å². The van der Waals surface area contributed by atoms with Gasteiger partial charge >= 0.3 is 0 Å². The lowest BCUT2D eigenvalue weighted by Gasteiger charge is -2.29. The molecule has 0 aliphatic heterocycles. The molecule has 1 unspecified atom stereocenters. The molecular weight excluding hydrogens is 228 g/mol. The zero-order chi connectivity index (χ0) is 12.8. The van der Waals surface area contributed by atoms with Crippen LogP contribution in [0.3, 0.4) is 0 Å². The van der Waals surface area contributed by atoms with Crippen LogP contribution < -0.4 is 5.73 Å². The highest BCUT2D eigenvalue weighted by Gasteiger charge is 2.20. The Hall–Kier alpha value is -0.930. The van der Waals surface area contributed by atoms with Crippen LogP contribution in [0.1, 0.15) is 37.9 Å². The van der Waals surface area contributed by atoms with Crippen LogP contribution in [0.25, 0.3) is 0 Å². The van der Waals surface area contributed by atoms with Gasteiger partial charge in [-0.1, -0.05) is 57.3 Å². The molecule has 0 aliphatic carbocycles. The average Bonchev–Trinajstić information content (AvgIpc) is 2.35. The van der Waals surface area contributed by atoms with Crippen molar-refractivity contribution < 1.29 is 0 Å². The smallest absolute Gasteiger partial charge is 0.0948 e. The maximum absolute atomic E-state index is 5.88. The van der Waals surface area contributed by atoms with Crippen LogP contribution in [0.15, 0.2) is 24.3 Å². The summed E-state index contributed by atoms with van der Waals surface area (Å²) in [7, 11) is 0. The van der Waals surface area contributed by atoms with Gasteiger partial charge in [0, 0.05) is 0 Å². The SMILES string of the molecule is CCc1ccc(C(C(N)=S)N(CC)CC)cc1. The minimum Gasteiger partial charge on any atom is -0.392 e. The van der Waals surface area contributed by atoms with Gasteiger partial charge in [-0.05, 0) is 30.6 Å². The quantitative estimate of drug-likeness (QED) is 0.787. The molecule has 94 valence electrons. The highest BCUT2D eigenvalue weighted by Crippen LogP contribution is 2.21. The molecule has 0 radical (unpaired) electrons. The summed E-state index contributed by atoms with van der Waals surface area (Å²) in [5, 5.41) is 0. The Kier molecular flexibility index (Phi) is 5.59. The van der Waals surface area contributed by atoms with E-state index in [-0.39, 0.29) is 6.04 Å². The minimum absolute atomic E-state index is 0.0610. The summed E-state index contributed by atoms with van der Waals surface area (Å²) in [6.07, 6.45) is 1.06. The monoisotopic (exact) mass is 250 g/mol. The van der Waals surface area contributed by atoms with E-state index in [2.05, 4.69) is 49.9 Å². The number of nitrogens with two attached hydrogens (primary N) is 1. The van der Waals surface area contributed by atoms with Gasteiger partial charge in [-0.2, -0.15) is 0 Å². The van der Waals surface area contributed by atoms with Gasteiger partial charge in [0.15, 0.2) is 0 Å². The van der Waals surface area contributed by atoms with Gasteiger partial charge in [0.05, 0.1) is 11.0 Å². The van der Waals surface area contributed by atoms with Gasteiger partial charge in [-0.3, -0.25) is 4.90 Å². The average molecular weight is 250 g/mol. The van der Waals surface area contributed by atoms with Crippen molar-refractivity contribution in [3.63, 3.8) is 0 Å². The highest BCUT2D eigenvalue weighted by atomic mass is 32.1. The summed E-state index contributed by atoms with van der Waals surface area (Å²) in [5.74, 6) is 0. The second-order valence-corrected chi connectivity index (χ2v) is 4.59. The van der Waals surface area contributed by atoms with Crippen molar-refractivity contribution in [1.82, 2.24) is 4.90 Å². The van der Waals surface area contributed by atoms with E-state index in [1.165, 1.54) is 11.1 Å². The van der Waals surface area contributed by atoms with Crippen molar-refractivity contribution >= 4 is 17.2 Å². The van der Waals surface area contributed by atoms with Crippen molar-refractivity contribution in [3.05, 3.63) is 35.4 Å². The van der Waals surface area contributed by atoms with Gasteiger partial charge < -0.3 is 5.73 Å². The van der Waals surface area contributed by atoms with Gasteiger partial charge in [0.1, 0.15) is 0 Å². The second-order valence-electron chi connectivity index (χ2n) is 4.12. The predicted molar refractivity (Wildman–Crippen MR) is 78.3 cm³/mol. The Balaban J connectivity index is 3.00. The topological polar surface area (TPSA) is 29.3 Å². The molecule has 0 spiro atoms. The third-order valence-corrected chi connectivity index (χ3v) is 3.37. The lowest BCUT2D eigenvalue weighted by molar-refractivity contribution is 0.272. The zero-order valence-corrected chi connectivity index (χ0v) is 11.8. The number of likely N-dealkylation sites (N-methyl/N-ethyl adjacent to an activating group) is 1. The van der Waals surface area contributed by atoms with Crippen molar-refractivity contribution in [3.8, 4) is 0 Å². The fraction of sp³-hybridized carbons (Fsp3) is 0.500. The Labute approximate surface area is 110 Å². The minimum atomic E-state index is 0.0610. The van der Waals surface area contributed by atoms with E-state index in [0.717, 1.165) is 19.5 Å². The lowest BCUT2D eigenvalue weighted by atomic mass is 10.0. The Morgan fingerprint density at radius 2 is 1.71 bits per heavy atom. The van der Waals surface area contributed by atoms with E-state index < -0.39 is 0 Å². The molecule has 0 aliphatic rings. The molecule has 0 bridgehead atoms. The van der Waals surface area contributed by atoms with E-state index in [1.54, 1.807) is 0 Å². The molecular formula is C14H22N2S. The van der Waals surface area contributed by atoms with Gasteiger partial charge in [0.25, 0.3) is 0 Å². The van der Waals surface area contributed by atoms with Gasteiger partial charge in [-0.25, -0.2) is 0 Å². The van der Waals surface area contributed by atoms with Crippen molar-refractivity contribution in [1.29, 1.82) is 0 Å². The first kappa shape index (κ1) is 14.1. The van der Waals surface area contributed by atoms with Crippen LogP contribution >= 0.6 is 12.2 Å². The first-order valence-electron chi connectivity index (χ1n) is 6.26. The van der Waals surface area contributed by atoms with Crippen molar-refractivity contribution in [2.45, 2.75) is 33.2 Å². The van der Waals surface area contributed by atoms with Gasteiger partial charge in [0.2, 0.25) is 0 Å². The number of thiocarbonyl (C=S) groups is 1. The summed E-state index contributed by atoms with van der Waals surface area (Å²) in [4.78, 5) is 2.83. The fourth-order valence-electron chi connectivity index (χ4n) is 2.08. The summed E-state index contributed by atoms with van der Waals surface area (Å²) >= 11 is 5.21. The van der Waals surface area contributed by atoms with Crippen LogP contribution in [0.4, 0.5) is 0 Å². The molecule has 2 nitrogen and oxygen atoms in total. The summed E-state index contributed by atoms with van der Waals surface area (Å²) in [5.41, 5.74) is 8.42. The standard InChI is InChI=1S/C14H22N2S/c1-4-11-7-9-12(10-8-11)13(14(15)17)16(5-2)6-3/h7-10,13H,4-6H2,1-3H3,(H2,15,17). The molecule has 17 heavy (non-hydrogen) atoms. The first-order chi connectivity index (χ1) is 8.13. The molecule has 0 aromatic heterocycles. The number of nitrogens with zero attached hydrogens (tertiary/aromatic N) is 1. The zero-order valence-electron chi connectivity index (χ0n) is 10.9. The molecule has 1 aromatic carbocycles. The fourth-order valence-corrected chi connectivity index (χ4v) is 2.36. The van der Waals surface area contributed by atoms with E-state index in [4.69, 9.17) is 18.0 Å². The lowest BCUT2D eigenvalue weighted by Crippen LogP contribution is -2.36. The number of benzene rings is 1. The van der Waals surface area contributed by atoms with Crippen LogP contribution in [-0.4, -0.2) is 23.0 Å². The number of aryl methyl sites for hydroxylation is 1. The number of hydrogen-bond acceptors (Lipinski definition) is 2. The third kappa shape index (κ3) is 3.51. The van der Waals surface area contributed by atoms with E-state index in [0.29, 0.717) is 4.99 Å². The molecule has 0 amide bonds. The molecule has 0 saturated carbocycles. The molecule has 0 heterocycles. The van der Waals surface area contributed by atoms with Crippen LogP contribution in [0.2, 0.25) is 0 Å². The maximum atomic E-state index is 5.88. The van der Waals surface area contributed by atoms with E-state index >= 15 is 0 Å². The molecule has 3 heteroatoms. The normalized spacial score (nSPS) is 12.7. The molecule has 2 N–H and O–H groups in total. The molecule has 0 fully saturated rings. The van der Waals surface area contributed by atoms with Gasteiger partial charge in [-0.15, -0.1) is 0 Å². The summed E-state index contributed by atoms with van der Waals surface area (Å²) < 4.78 is 0. The van der Waals surface area contributed by atoms with Crippen LogP contribution in [0.5, 0.6) is 0 Å². The molecule has 0 saturated heterocycles. The number of hydrogen-bond donors (Lipinski definition) is 1. The Morgan fingerprint density at radius 1 is 1.18 bits per heavy atom. The van der Waals surface area contributed by atoms with E-state index in [9.17, 15) is 0 Å². The van der Waals surface area contributed by atoms with Crippen molar-refractivity contribution in [2.24, 2.45) is 5.73 Å².